The molecule has 2 heterocycles. The van der Waals surface area contributed by atoms with E-state index in [0.29, 0.717) is 28.7 Å². The Morgan fingerprint density at radius 1 is 1.18 bits per heavy atom. The summed E-state index contributed by atoms with van der Waals surface area (Å²) in [5, 5.41) is 14.2. The number of carbonyl (C=O) groups is 3. The molecular weight excluding hydrogens is 442 g/mol. The monoisotopic (exact) mass is 465 g/mol. The third kappa shape index (κ3) is 5.40. The van der Waals surface area contributed by atoms with Crippen molar-refractivity contribution in [3.05, 3.63) is 65.5 Å². The minimum absolute atomic E-state index is 0.0424. The van der Waals surface area contributed by atoms with E-state index in [9.17, 15) is 14.4 Å². The maximum Gasteiger partial charge on any atom is 0.321 e. The molecule has 2 aromatic carbocycles. The summed E-state index contributed by atoms with van der Waals surface area (Å²) in [6, 6.07) is 13.9. The van der Waals surface area contributed by atoms with Crippen molar-refractivity contribution in [1.29, 1.82) is 0 Å². The normalized spacial score (nSPS) is 15.6. The fourth-order valence-electron chi connectivity index (χ4n) is 3.56. The van der Waals surface area contributed by atoms with Crippen LogP contribution in [0, 0.1) is 6.92 Å². The van der Waals surface area contributed by atoms with Crippen LogP contribution < -0.4 is 15.4 Å². The summed E-state index contributed by atoms with van der Waals surface area (Å²) in [7, 11) is 1.58. The quantitative estimate of drug-likeness (QED) is 0.388. The number of hydrogen-bond acceptors (Lipinski definition) is 7. The van der Waals surface area contributed by atoms with Crippen molar-refractivity contribution in [3.63, 3.8) is 0 Å². The molecule has 3 amide bonds. The number of methoxy groups -OCH3 is 1. The Hall–Kier alpha value is -3.66. The van der Waals surface area contributed by atoms with E-state index in [2.05, 4.69) is 20.8 Å². The number of imide groups is 1. The van der Waals surface area contributed by atoms with E-state index in [0.717, 1.165) is 11.3 Å². The van der Waals surface area contributed by atoms with Crippen molar-refractivity contribution in [2.24, 2.45) is 0 Å². The number of nitrogens with one attached hydrogen (secondary N) is 2. The molecule has 1 saturated heterocycles. The van der Waals surface area contributed by atoms with Gasteiger partial charge in [-0.05, 0) is 48.9 Å². The van der Waals surface area contributed by atoms with Crippen LogP contribution in [0.1, 0.15) is 28.2 Å². The lowest BCUT2D eigenvalue weighted by Crippen LogP contribution is -2.53. The maximum absolute atomic E-state index is 12.7. The van der Waals surface area contributed by atoms with Gasteiger partial charge in [-0.15, -0.1) is 10.2 Å². The molecule has 1 fully saturated rings. The van der Waals surface area contributed by atoms with Gasteiger partial charge in [0.1, 0.15) is 11.6 Å². The summed E-state index contributed by atoms with van der Waals surface area (Å²) in [6.07, 6.45) is 0.484. The number of aromatic nitrogens is 3. The lowest BCUT2D eigenvalue weighted by molar-refractivity contribution is -0.121. The molecule has 1 aliphatic heterocycles. The molecule has 0 bridgehead atoms. The molecule has 170 valence electrons. The highest BCUT2D eigenvalue weighted by molar-refractivity contribution is 7.99. The lowest BCUT2D eigenvalue weighted by atomic mass is 10.1. The summed E-state index contributed by atoms with van der Waals surface area (Å²) in [4.78, 5) is 36.2. The van der Waals surface area contributed by atoms with Crippen LogP contribution in [-0.4, -0.2) is 51.4 Å². The standard InChI is InChI=1S/C23H23N5O4S/c1-14-4-3-5-17(10-14)28-20(11-16-12-21(30)25-22(31)24-16)26-27-23(28)33-13-19(29)15-6-8-18(32-2)9-7-15/h3-10,16H,11-13H2,1-2H3,(H2,24,25,30,31). The minimum Gasteiger partial charge on any atom is -0.497 e. The predicted octanol–water partition coefficient (Wildman–Crippen LogP) is 2.70. The van der Waals surface area contributed by atoms with Gasteiger partial charge in [0, 0.05) is 30.1 Å². The van der Waals surface area contributed by atoms with Crippen molar-refractivity contribution in [2.45, 2.75) is 31.0 Å². The van der Waals surface area contributed by atoms with E-state index in [4.69, 9.17) is 4.74 Å². The van der Waals surface area contributed by atoms with Crippen LogP contribution >= 0.6 is 11.8 Å². The van der Waals surface area contributed by atoms with Gasteiger partial charge < -0.3 is 10.1 Å². The topological polar surface area (TPSA) is 115 Å². The van der Waals surface area contributed by atoms with Gasteiger partial charge in [0.05, 0.1) is 12.9 Å². The first-order valence-corrected chi connectivity index (χ1v) is 11.3. The Labute approximate surface area is 194 Å². The molecule has 4 rings (SSSR count). The molecule has 3 aromatic rings. The van der Waals surface area contributed by atoms with Gasteiger partial charge in [-0.1, -0.05) is 23.9 Å². The molecule has 1 atom stereocenters. The van der Waals surface area contributed by atoms with E-state index in [-0.39, 0.29) is 23.9 Å². The van der Waals surface area contributed by atoms with Gasteiger partial charge in [-0.25, -0.2) is 4.79 Å². The SMILES string of the molecule is COc1ccc(C(=O)CSc2nnc(CC3CC(=O)NC(=O)N3)n2-c2cccc(C)c2)cc1. The largest absolute Gasteiger partial charge is 0.497 e. The van der Waals surface area contributed by atoms with Gasteiger partial charge >= 0.3 is 6.03 Å². The number of ether oxygens (including phenoxy) is 1. The van der Waals surface area contributed by atoms with Crippen LogP contribution in [0.3, 0.4) is 0 Å². The summed E-state index contributed by atoms with van der Waals surface area (Å²) in [5.41, 5.74) is 2.49. The van der Waals surface area contributed by atoms with E-state index in [1.165, 1.54) is 11.8 Å². The number of hydrogen-bond donors (Lipinski definition) is 2. The highest BCUT2D eigenvalue weighted by atomic mass is 32.2. The highest BCUT2D eigenvalue weighted by Gasteiger charge is 2.27. The lowest BCUT2D eigenvalue weighted by Gasteiger charge is -2.23. The number of urea groups is 1. The fourth-order valence-corrected chi connectivity index (χ4v) is 4.43. The van der Waals surface area contributed by atoms with E-state index in [1.54, 1.807) is 31.4 Å². The van der Waals surface area contributed by atoms with E-state index in [1.807, 2.05) is 35.8 Å². The predicted molar refractivity (Wildman–Crippen MR) is 123 cm³/mol. The van der Waals surface area contributed by atoms with E-state index >= 15 is 0 Å². The van der Waals surface area contributed by atoms with Gasteiger partial charge in [0.25, 0.3) is 0 Å². The Balaban J connectivity index is 1.57. The molecule has 0 saturated carbocycles. The minimum atomic E-state index is -0.516. The average Bonchev–Trinajstić information content (AvgIpc) is 3.19. The average molecular weight is 466 g/mol. The van der Waals surface area contributed by atoms with Crippen LogP contribution in [0.2, 0.25) is 0 Å². The van der Waals surface area contributed by atoms with Crippen LogP contribution in [-0.2, 0) is 11.2 Å². The summed E-state index contributed by atoms with van der Waals surface area (Å²) in [6.45, 7) is 1.99. The molecule has 1 aliphatic rings. The number of rotatable bonds is 8. The number of amides is 3. The highest BCUT2D eigenvalue weighted by Crippen LogP contribution is 2.25. The van der Waals surface area contributed by atoms with Crippen LogP contribution in [0.15, 0.2) is 53.7 Å². The first-order valence-electron chi connectivity index (χ1n) is 10.3. The molecular formula is C23H23N5O4S. The number of benzene rings is 2. The van der Waals surface area contributed by atoms with Crippen molar-refractivity contribution < 1.29 is 19.1 Å². The molecule has 9 nitrogen and oxygen atoms in total. The van der Waals surface area contributed by atoms with Crippen LogP contribution in [0.5, 0.6) is 5.75 Å². The number of ketones is 1. The molecule has 1 aromatic heterocycles. The Kier molecular flexibility index (Phi) is 6.74. The zero-order valence-corrected chi connectivity index (χ0v) is 19.0. The van der Waals surface area contributed by atoms with Gasteiger partial charge in [0.15, 0.2) is 10.9 Å². The first kappa shape index (κ1) is 22.5. The second-order valence-corrected chi connectivity index (χ2v) is 8.58. The summed E-state index contributed by atoms with van der Waals surface area (Å²) >= 11 is 1.29. The molecule has 0 aliphatic carbocycles. The van der Waals surface area contributed by atoms with E-state index < -0.39 is 12.1 Å². The zero-order chi connectivity index (χ0) is 23.4. The van der Waals surface area contributed by atoms with Gasteiger partial charge in [-0.2, -0.15) is 0 Å². The van der Waals surface area contributed by atoms with Crippen molar-refractivity contribution >= 4 is 29.5 Å². The van der Waals surface area contributed by atoms with Crippen molar-refractivity contribution in [1.82, 2.24) is 25.4 Å². The van der Waals surface area contributed by atoms with Crippen molar-refractivity contribution in [2.75, 3.05) is 12.9 Å². The Morgan fingerprint density at radius 2 is 1.97 bits per heavy atom. The number of carbonyl (C=O) groups excluding carboxylic acids is 3. The molecule has 0 spiro atoms. The Bertz CT molecular complexity index is 1180. The molecule has 33 heavy (non-hydrogen) atoms. The summed E-state index contributed by atoms with van der Waals surface area (Å²) in [5.74, 6) is 1.09. The third-order valence-electron chi connectivity index (χ3n) is 5.15. The second-order valence-electron chi connectivity index (χ2n) is 7.64. The summed E-state index contributed by atoms with van der Waals surface area (Å²) < 4.78 is 7.01. The van der Waals surface area contributed by atoms with Crippen LogP contribution in [0.25, 0.3) is 5.69 Å². The van der Waals surface area contributed by atoms with Crippen LogP contribution in [0.4, 0.5) is 4.79 Å². The fraction of sp³-hybridized carbons (Fsp3) is 0.261. The van der Waals surface area contributed by atoms with Gasteiger partial charge in [-0.3, -0.25) is 19.5 Å². The number of aryl methyl sites for hydroxylation is 1. The first-order chi connectivity index (χ1) is 15.9. The molecule has 0 radical (unpaired) electrons. The second kappa shape index (κ2) is 9.86. The Morgan fingerprint density at radius 3 is 2.67 bits per heavy atom. The zero-order valence-electron chi connectivity index (χ0n) is 18.2. The number of Topliss-reactive ketones (excluding diaryl/α,β-unsaturated/α-hetero) is 1. The maximum atomic E-state index is 12.7. The number of nitrogens with zero attached hydrogens (tertiary/aromatic N) is 3. The smallest absolute Gasteiger partial charge is 0.321 e. The molecule has 1 unspecified atom stereocenters. The van der Waals surface area contributed by atoms with Gasteiger partial charge in [0.2, 0.25) is 5.91 Å². The molecule has 2 N–H and O–H groups in total. The number of thioether (sulfide) groups is 1. The molecule has 10 heteroatoms. The third-order valence-corrected chi connectivity index (χ3v) is 6.08. The van der Waals surface area contributed by atoms with Crippen molar-refractivity contribution in [3.8, 4) is 11.4 Å².